The van der Waals surface area contributed by atoms with Gasteiger partial charge >= 0.3 is 0 Å². The Morgan fingerprint density at radius 2 is 2.10 bits per heavy atom. The van der Waals surface area contributed by atoms with Crippen molar-refractivity contribution in [1.29, 1.82) is 0 Å². The van der Waals surface area contributed by atoms with Gasteiger partial charge in [-0.15, -0.1) is 0 Å². The second kappa shape index (κ2) is 4.80. The Kier molecular flexibility index (Phi) is 5.63. The van der Waals surface area contributed by atoms with E-state index in [1.54, 1.807) is 0 Å². The number of ether oxygens (including phenoxy) is 1. The van der Waals surface area contributed by atoms with E-state index in [4.69, 9.17) is 4.74 Å². The summed E-state index contributed by atoms with van der Waals surface area (Å²) in [6.45, 7) is 6.24. The molecule has 1 radical (unpaired) electrons. The summed E-state index contributed by atoms with van der Waals surface area (Å²) in [6, 6.07) is 0. The third kappa shape index (κ3) is 3.08. The second-order valence-electron chi connectivity index (χ2n) is 2.78. The first kappa shape index (κ1) is 11.7. The summed E-state index contributed by atoms with van der Waals surface area (Å²) < 4.78 is 5.26. The average Bonchev–Trinajstić information content (AvgIpc) is 1.64. The van der Waals surface area contributed by atoms with Crippen LogP contribution in [0.1, 0.15) is 20.3 Å². The van der Waals surface area contributed by atoms with Gasteiger partial charge in [0.15, 0.2) is 0 Å². The van der Waals surface area contributed by atoms with E-state index in [1.807, 2.05) is 0 Å². The zero-order valence-corrected chi connectivity index (χ0v) is 9.02. The molecule has 1 rings (SSSR count). The minimum atomic E-state index is 0. The summed E-state index contributed by atoms with van der Waals surface area (Å²) >= 11 is 0. The predicted octanol–water partition coefficient (Wildman–Crippen LogP) is 2.09. The summed E-state index contributed by atoms with van der Waals surface area (Å²) in [4.78, 5) is 0. The molecule has 0 aliphatic carbocycles. The zero-order chi connectivity index (χ0) is 5.98. The van der Waals surface area contributed by atoms with E-state index in [2.05, 4.69) is 13.8 Å². The van der Waals surface area contributed by atoms with Crippen molar-refractivity contribution >= 4 is 0 Å². The van der Waals surface area contributed by atoms with E-state index < -0.39 is 0 Å². The van der Waals surface area contributed by atoms with E-state index in [1.165, 1.54) is 12.3 Å². The van der Waals surface area contributed by atoms with Crippen LogP contribution in [-0.2, 0) is 4.74 Å². The van der Waals surface area contributed by atoms with Gasteiger partial charge in [-0.1, -0.05) is 13.5 Å². The third-order valence-electron chi connectivity index (χ3n) is 1.45. The Labute approximate surface area is 58.4 Å². The minimum Gasteiger partial charge on any atom is -0.413 e. The number of rotatable bonds is 0. The van der Waals surface area contributed by atoms with E-state index in [0.29, 0.717) is 0 Å². The molecule has 1 unspecified atom stereocenters. The Hall–Kier alpha value is -1.04. The van der Waals surface area contributed by atoms with Crippen LogP contribution < -0.4 is 0 Å². The second-order valence-corrected chi connectivity index (χ2v) is 2.78. The van der Waals surface area contributed by atoms with E-state index in [0.717, 1.165) is 19.1 Å². The van der Waals surface area contributed by atoms with Gasteiger partial charge in [-0.3, -0.25) is 5.92 Å². The molecule has 1 heterocycles. The molecule has 1 aliphatic rings. The van der Waals surface area contributed by atoms with Crippen molar-refractivity contribution in [3.63, 3.8) is 0 Å². The standard InChI is InChI=1S/C7H13O.CH3.Lr/c1-6-3-7(2)5-8-4-6;;/h6H,3-5H2,1-2H3;1H3;/q2*-1;. The van der Waals surface area contributed by atoms with Crippen LogP contribution in [0.3, 0.4) is 0 Å². The van der Waals surface area contributed by atoms with Crippen molar-refractivity contribution in [3.05, 3.63) is 13.3 Å². The maximum atomic E-state index is 5.26. The van der Waals surface area contributed by atoms with Crippen LogP contribution in [-0.4, -0.2) is 13.2 Å². The van der Waals surface area contributed by atoms with Gasteiger partial charge in [-0.2, -0.15) is 13.3 Å². The molecule has 71 valence electrons. The molecule has 0 aromatic rings. The Morgan fingerprint density at radius 1 is 1.50 bits per heavy atom. The van der Waals surface area contributed by atoms with Gasteiger partial charge in [-0.25, -0.2) is 0 Å². The summed E-state index contributed by atoms with van der Waals surface area (Å²) in [7, 11) is 0. The fourth-order valence-corrected chi connectivity index (χ4v) is 1.15. The molecular formula is C8H16LrO-2. The maximum absolute atomic E-state index is 5.26. The smallest absolute Gasteiger partial charge is 0.0431 e. The first-order chi connectivity index (χ1) is 3.79. The summed E-state index contributed by atoms with van der Waals surface area (Å²) in [6.07, 6.45) is 1.26. The van der Waals surface area contributed by atoms with Gasteiger partial charge in [0.1, 0.15) is 0 Å². The normalized spacial score (nSPS) is 26.4. The molecule has 0 spiro atoms. The Bertz CT molecular complexity index is 67.7. The Balaban J connectivity index is 0. The molecule has 1 fully saturated rings. The SMILES string of the molecule is C[C-]1COCC(C)C1.[CH3-].[Lr]. The average molecular weight is 390 g/mol. The molecule has 0 amide bonds. The van der Waals surface area contributed by atoms with E-state index >= 15 is 0 Å². The van der Waals surface area contributed by atoms with Crippen LogP contribution in [0.5, 0.6) is 0 Å². The van der Waals surface area contributed by atoms with Gasteiger partial charge in [0, 0.05) is 6.61 Å². The summed E-state index contributed by atoms with van der Waals surface area (Å²) in [5.41, 5.74) is 0. The zero-order valence-electron chi connectivity index (χ0n) is 6.87. The first-order valence-electron chi connectivity index (χ1n) is 3.18. The van der Waals surface area contributed by atoms with E-state index in [-0.39, 0.29) is 7.43 Å². The molecule has 1 nitrogen and oxygen atoms in total. The van der Waals surface area contributed by atoms with Crippen molar-refractivity contribution in [2.75, 3.05) is 13.2 Å². The molecule has 0 aromatic carbocycles. The number of hydrogen-bond acceptors (Lipinski definition) is 1. The predicted molar refractivity (Wildman–Crippen MR) is 39.9 cm³/mol. The molecular weight excluding hydrogens is 374 g/mol. The van der Waals surface area contributed by atoms with Crippen molar-refractivity contribution in [2.45, 2.75) is 20.3 Å². The van der Waals surface area contributed by atoms with Crippen LogP contribution in [0.4, 0.5) is 0 Å². The van der Waals surface area contributed by atoms with Crippen LogP contribution in [0.25, 0.3) is 0 Å². The topological polar surface area (TPSA) is 9.23 Å². The van der Waals surface area contributed by atoms with Crippen molar-refractivity contribution in [3.8, 4) is 0 Å². The van der Waals surface area contributed by atoms with Crippen LogP contribution in [0.15, 0.2) is 0 Å². The largest absolute Gasteiger partial charge is 0.413 e. The van der Waals surface area contributed by atoms with Gasteiger partial charge in [0.2, 0.25) is 0 Å². The molecule has 1 atom stereocenters. The molecule has 0 bridgehead atoms. The van der Waals surface area contributed by atoms with Crippen molar-refractivity contribution < 1.29 is 4.74 Å². The molecule has 10 heavy (non-hydrogen) atoms. The fourth-order valence-electron chi connectivity index (χ4n) is 1.15. The van der Waals surface area contributed by atoms with Gasteiger partial charge in [-0.05, 0) is 5.92 Å². The summed E-state index contributed by atoms with van der Waals surface area (Å²) in [5, 5.41) is 0. The van der Waals surface area contributed by atoms with Gasteiger partial charge in [0.25, 0.3) is 0 Å². The van der Waals surface area contributed by atoms with E-state index in [9.17, 15) is 0 Å². The van der Waals surface area contributed by atoms with Crippen LogP contribution >= 0.6 is 0 Å². The molecule has 1 saturated heterocycles. The van der Waals surface area contributed by atoms with Crippen molar-refractivity contribution in [1.82, 2.24) is 0 Å². The van der Waals surface area contributed by atoms with Gasteiger partial charge in [0.05, 0.1) is 0 Å². The molecule has 0 aromatic heterocycles. The third-order valence-corrected chi connectivity index (χ3v) is 1.45. The van der Waals surface area contributed by atoms with Gasteiger partial charge < -0.3 is 12.2 Å². The minimum absolute atomic E-state index is 0. The number of hydrogen-bond donors (Lipinski definition) is 0. The monoisotopic (exact) mass is 390 g/mol. The van der Waals surface area contributed by atoms with Crippen LogP contribution in [0, 0.1) is 19.3 Å². The summed E-state index contributed by atoms with van der Waals surface area (Å²) in [5.74, 6) is 2.24. The van der Waals surface area contributed by atoms with Crippen LogP contribution in [0.2, 0.25) is 0 Å². The maximum Gasteiger partial charge on any atom is 0.0431 e. The quantitative estimate of drug-likeness (QED) is 0.576. The fraction of sp³-hybridized carbons (Fsp3) is 0.750. The van der Waals surface area contributed by atoms with Crippen molar-refractivity contribution in [2.24, 2.45) is 5.92 Å². The molecule has 0 saturated carbocycles. The Morgan fingerprint density at radius 3 is 2.40 bits per heavy atom. The molecule has 2 heteroatoms. The molecule has 1 aliphatic heterocycles. The molecule has 0 N–H and O–H groups in total. The first-order valence-corrected chi connectivity index (χ1v) is 3.18.